The largest absolute Gasteiger partial charge is 0.390 e. The summed E-state index contributed by atoms with van der Waals surface area (Å²) in [5.74, 6) is 0. The van der Waals surface area contributed by atoms with E-state index in [2.05, 4.69) is 10.6 Å². The Balaban J connectivity index is 2.28. The van der Waals surface area contributed by atoms with E-state index in [-0.39, 0.29) is 0 Å². The van der Waals surface area contributed by atoms with E-state index in [4.69, 9.17) is 5.26 Å². The fourth-order valence-electron chi connectivity index (χ4n) is 1.86. The Bertz CT molecular complexity index is 570. The summed E-state index contributed by atoms with van der Waals surface area (Å²) in [6.45, 7) is 4.40. The van der Waals surface area contributed by atoms with Crippen LogP contribution in [0.5, 0.6) is 0 Å². The molecule has 0 aliphatic rings. The molecule has 1 aromatic heterocycles. The molecule has 0 atom stereocenters. The number of aryl methyl sites for hydroxylation is 1. The third-order valence-corrected chi connectivity index (χ3v) is 2.86. The predicted molar refractivity (Wildman–Crippen MR) is 67.6 cm³/mol. The average molecular weight is 228 g/mol. The number of aromatic nitrogens is 1. The molecule has 0 aliphatic carbocycles. The zero-order chi connectivity index (χ0) is 12.5. The van der Waals surface area contributed by atoms with Gasteiger partial charge in [0.15, 0.2) is 0 Å². The second-order valence-corrected chi connectivity index (χ2v) is 4.96. The molecule has 17 heavy (non-hydrogen) atoms. The first-order valence-electron chi connectivity index (χ1n) is 5.71. The van der Waals surface area contributed by atoms with Crippen molar-refractivity contribution >= 4 is 10.9 Å². The van der Waals surface area contributed by atoms with Crippen LogP contribution in [-0.4, -0.2) is 15.3 Å². The lowest BCUT2D eigenvalue weighted by Crippen LogP contribution is -2.20. The lowest BCUT2D eigenvalue weighted by Gasteiger charge is -2.17. The summed E-state index contributed by atoms with van der Waals surface area (Å²) in [5, 5.41) is 19.6. The molecule has 0 unspecified atom stereocenters. The van der Waals surface area contributed by atoms with E-state index in [0.29, 0.717) is 12.0 Å². The van der Waals surface area contributed by atoms with Gasteiger partial charge in [0, 0.05) is 23.6 Å². The van der Waals surface area contributed by atoms with E-state index in [1.807, 2.05) is 44.3 Å². The zero-order valence-electron chi connectivity index (χ0n) is 10.1. The van der Waals surface area contributed by atoms with Gasteiger partial charge in [-0.3, -0.25) is 0 Å². The van der Waals surface area contributed by atoms with Crippen molar-refractivity contribution in [2.45, 2.75) is 32.4 Å². The maximum atomic E-state index is 9.71. The second kappa shape index (κ2) is 4.23. The summed E-state index contributed by atoms with van der Waals surface area (Å²) in [4.78, 5) is 0. The molecule has 3 heteroatoms. The zero-order valence-corrected chi connectivity index (χ0v) is 10.1. The van der Waals surface area contributed by atoms with Crippen molar-refractivity contribution in [2.75, 3.05) is 0 Å². The van der Waals surface area contributed by atoms with Gasteiger partial charge in [0.1, 0.15) is 0 Å². The third-order valence-electron chi connectivity index (χ3n) is 2.86. The van der Waals surface area contributed by atoms with Crippen LogP contribution in [0.4, 0.5) is 0 Å². The second-order valence-electron chi connectivity index (χ2n) is 4.96. The number of nitriles is 1. The molecule has 1 N–H and O–H groups in total. The number of nitrogens with zero attached hydrogens (tertiary/aromatic N) is 2. The van der Waals surface area contributed by atoms with Crippen molar-refractivity contribution < 1.29 is 5.11 Å². The predicted octanol–water partition coefficient (Wildman–Crippen LogP) is 2.67. The van der Waals surface area contributed by atoms with Crippen molar-refractivity contribution in [3.63, 3.8) is 0 Å². The van der Waals surface area contributed by atoms with Crippen molar-refractivity contribution in [3.05, 3.63) is 36.0 Å². The van der Waals surface area contributed by atoms with Crippen LogP contribution >= 0.6 is 0 Å². The molecule has 0 saturated carbocycles. The van der Waals surface area contributed by atoms with Gasteiger partial charge in [0.25, 0.3) is 0 Å². The van der Waals surface area contributed by atoms with Crippen molar-refractivity contribution in [2.24, 2.45) is 0 Å². The number of aliphatic hydroxyl groups is 1. The molecule has 0 fully saturated rings. The summed E-state index contributed by atoms with van der Waals surface area (Å²) in [6, 6.07) is 9.80. The van der Waals surface area contributed by atoms with Gasteiger partial charge in [0.2, 0.25) is 0 Å². The van der Waals surface area contributed by atoms with Crippen LogP contribution in [0.25, 0.3) is 10.9 Å². The molecule has 0 amide bonds. The van der Waals surface area contributed by atoms with Gasteiger partial charge in [-0.25, -0.2) is 0 Å². The van der Waals surface area contributed by atoms with E-state index in [1.54, 1.807) is 0 Å². The maximum Gasteiger partial charge on any atom is 0.0991 e. The van der Waals surface area contributed by atoms with Gasteiger partial charge in [0.05, 0.1) is 17.2 Å². The normalized spacial score (nSPS) is 11.6. The van der Waals surface area contributed by atoms with E-state index in [1.165, 1.54) is 0 Å². The summed E-state index contributed by atoms with van der Waals surface area (Å²) in [5.41, 5.74) is 1.13. The Hall–Kier alpha value is -1.79. The topological polar surface area (TPSA) is 49.0 Å². The van der Waals surface area contributed by atoms with Crippen molar-refractivity contribution in [3.8, 4) is 6.07 Å². The minimum atomic E-state index is -0.650. The van der Waals surface area contributed by atoms with Gasteiger partial charge in [-0.15, -0.1) is 0 Å². The quantitative estimate of drug-likeness (QED) is 0.878. The van der Waals surface area contributed by atoms with E-state index in [0.717, 1.165) is 17.4 Å². The minimum Gasteiger partial charge on any atom is -0.390 e. The lowest BCUT2D eigenvalue weighted by molar-refractivity contribution is 0.0666. The van der Waals surface area contributed by atoms with Gasteiger partial charge in [-0.05, 0) is 44.5 Å². The number of fused-ring (bicyclic) bond motifs is 1. The molecule has 3 nitrogen and oxygen atoms in total. The molecule has 2 rings (SSSR count). The fraction of sp³-hybridized carbons (Fsp3) is 0.357. The van der Waals surface area contributed by atoms with Crippen LogP contribution in [0, 0.1) is 11.3 Å². The van der Waals surface area contributed by atoms with Crippen LogP contribution in [-0.2, 0) is 6.54 Å². The minimum absolute atomic E-state index is 0.650. The SMILES string of the molecule is CC(C)(O)CCn1ccc2cc(C#N)ccc21. The Labute approximate surface area is 101 Å². The fourth-order valence-corrected chi connectivity index (χ4v) is 1.86. The Kier molecular flexibility index (Phi) is 2.91. The highest BCUT2D eigenvalue weighted by Crippen LogP contribution is 2.19. The summed E-state index contributed by atoms with van der Waals surface area (Å²) in [7, 11) is 0. The van der Waals surface area contributed by atoms with Crippen LogP contribution in [0.2, 0.25) is 0 Å². The molecule has 0 bridgehead atoms. The van der Waals surface area contributed by atoms with Crippen LogP contribution in [0.15, 0.2) is 30.5 Å². The molecule has 1 heterocycles. The molecule has 0 saturated heterocycles. The number of benzene rings is 1. The van der Waals surface area contributed by atoms with E-state index in [9.17, 15) is 5.11 Å². The van der Waals surface area contributed by atoms with E-state index < -0.39 is 5.60 Å². The maximum absolute atomic E-state index is 9.71. The number of hydrogen-bond donors (Lipinski definition) is 1. The molecular formula is C14H16N2O. The first kappa shape index (κ1) is 11.7. The summed E-state index contributed by atoms with van der Waals surface area (Å²) >= 11 is 0. The molecule has 1 aromatic carbocycles. The molecule has 0 spiro atoms. The van der Waals surface area contributed by atoms with Gasteiger partial charge in [-0.2, -0.15) is 5.26 Å². The molecule has 0 radical (unpaired) electrons. The highest BCUT2D eigenvalue weighted by atomic mass is 16.3. The lowest BCUT2D eigenvalue weighted by atomic mass is 10.1. The van der Waals surface area contributed by atoms with E-state index >= 15 is 0 Å². The molecule has 0 aliphatic heterocycles. The van der Waals surface area contributed by atoms with Crippen LogP contribution in [0.1, 0.15) is 25.8 Å². The first-order valence-corrected chi connectivity index (χ1v) is 5.71. The van der Waals surface area contributed by atoms with Gasteiger partial charge >= 0.3 is 0 Å². The molecule has 88 valence electrons. The van der Waals surface area contributed by atoms with Gasteiger partial charge in [-0.1, -0.05) is 0 Å². The van der Waals surface area contributed by atoms with Crippen molar-refractivity contribution in [1.82, 2.24) is 4.57 Å². The monoisotopic (exact) mass is 228 g/mol. The number of hydrogen-bond acceptors (Lipinski definition) is 2. The first-order chi connectivity index (χ1) is 7.99. The van der Waals surface area contributed by atoms with Crippen LogP contribution in [0.3, 0.4) is 0 Å². The Morgan fingerprint density at radius 1 is 1.35 bits per heavy atom. The number of rotatable bonds is 3. The Morgan fingerprint density at radius 2 is 2.12 bits per heavy atom. The highest BCUT2D eigenvalue weighted by Gasteiger charge is 2.12. The molecule has 2 aromatic rings. The summed E-state index contributed by atoms with van der Waals surface area (Å²) < 4.78 is 2.11. The van der Waals surface area contributed by atoms with Crippen molar-refractivity contribution in [1.29, 1.82) is 5.26 Å². The third kappa shape index (κ3) is 2.66. The van der Waals surface area contributed by atoms with Crippen LogP contribution < -0.4 is 0 Å². The smallest absolute Gasteiger partial charge is 0.0991 e. The molecular weight excluding hydrogens is 212 g/mol. The standard InChI is InChI=1S/C14H16N2O/c1-14(2,17)6-8-16-7-5-12-9-11(10-15)3-4-13(12)16/h3-5,7,9,17H,6,8H2,1-2H3. The van der Waals surface area contributed by atoms with Gasteiger partial charge < -0.3 is 9.67 Å². The summed E-state index contributed by atoms with van der Waals surface area (Å²) in [6.07, 6.45) is 2.70. The average Bonchev–Trinajstić information content (AvgIpc) is 2.67. The highest BCUT2D eigenvalue weighted by molar-refractivity contribution is 5.81. The Morgan fingerprint density at radius 3 is 2.76 bits per heavy atom.